The summed E-state index contributed by atoms with van der Waals surface area (Å²) in [5.74, 6) is -0.497. The molecular formula is C26H41N3O4. The summed E-state index contributed by atoms with van der Waals surface area (Å²) >= 11 is 0. The molecule has 7 nitrogen and oxygen atoms in total. The maximum absolute atomic E-state index is 13.6. The second-order valence-corrected chi connectivity index (χ2v) is 10.0. The van der Waals surface area contributed by atoms with Crippen molar-refractivity contribution in [1.82, 2.24) is 15.5 Å². The van der Waals surface area contributed by atoms with Gasteiger partial charge in [-0.2, -0.15) is 0 Å². The molecule has 0 heterocycles. The molecule has 1 aliphatic carbocycles. The molecular weight excluding hydrogens is 418 g/mol. The lowest BCUT2D eigenvalue weighted by molar-refractivity contribution is -0.142. The molecule has 33 heavy (non-hydrogen) atoms. The number of hydrogen-bond donors (Lipinski definition) is 2. The van der Waals surface area contributed by atoms with E-state index in [0.29, 0.717) is 6.54 Å². The summed E-state index contributed by atoms with van der Waals surface area (Å²) < 4.78 is 5.30. The quantitative estimate of drug-likeness (QED) is 0.626. The molecule has 7 heteroatoms. The first-order valence-electron chi connectivity index (χ1n) is 12.1. The van der Waals surface area contributed by atoms with Crippen molar-refractivity contribution in [3.05, 3.63) is 34.9 Å². The van der Waals surface area contributed by atoms with Gasteiger partial charge in [0.2, 0.25) is 11.8 Å². The topological polar surface area (TPSA) is 87.7 Å². The number of hydrogen-bond acceptors (Lipinski definition) is 4. The van der Waals surface area contributed by atoms with Gasteiger partial charge in [0.15, 0.2) is 0 Å². The highest BCUT2D eigenvalue weighted by atomic mass is 16.6. The van der Waals surface area contributed by atoms with E-state index in [1.54, 1.807) is 32.6 Å². The number of carbonyl (C=O) groups is 3. The van der Waals surface area contributed by atoms with E-state index >= 15 is 0 Å². The Kier molecular flexibility index (Phi) is 9.32. The second-order valence-electron chi connectivity index (χ2n) is 10.0. The normalized spacial score (nSPS) is 16.5. The van der Waals surface area contributed by atoms with Gasteiger partial charge in [-0.25, -0.2) is 4.79 Å². The first-order chi connectivity index (χ1) is 15.4. The minimum Gasteiger partial charge on any atom is -0.444 e. The van der Waals surface area contributed by atoms with Crippen molar-refractivity contribution in [2.24, 2.45) is 0 Å². The van der Waals surface area contributed by atoms with Crippen LogP contribution in [0.1, 0.15) is 89.5 Å². The van der Waals surface area contributed by atoms with Gasteiger partial charge in [0.25, 0.3) is 0 Å². The molecule has 0 aliphatic heterocycles. The van der Waals surface area contributed by atoms with Gasteiger partial charge in [-0.15, -0.1) is 0 Å². The third-order valence-corrected chi connectivity index (χ3v) is 6.18. The molecule has 1 aliphatic rings. The highest BCUT2D eigenvalue weighted by Gasteiger charge is 2.35. The van der Waals surface area contributed by atoms with Gasteiger partial charge in [0, 0.05) is 12.6 Å². The monoisotopic (exact) mass is 459 g/mol. The van der Waals surface area contributed by atoms with Crippen molar-refractivity contribution in [2.75, 3.05) is 6.54 Å². The Balaban J connectivity index is 2.32. The number of nitrogens with zero attached hydrogens (tertiary/aromatic N) is 1. The van der Waals surface area contributed by atoms with Crippen molar-refractivity contribution < 1.29 is 19.1 Å². The van der Waals surface area contributed by atoms with E-state index in [4.69, 9.17) is 4.74 Å². The zero-order valence-corrected chi connectivity index (χ0v) is 21.3. The van der Waals surface area contributed by atoms with Crippen LogP contribution in [0.4, 0.5) is 4.79 Å². The molecule has 1 fully saturated rings. The van der Waals surface area contributed by atoms with Crippen molar-refractivity contribution >= 4 is 17.9 Å². The number of benzene rings is 1. The molecule has 2 unspecified atom stereocenters. The van der Waals surface area contributed by atoms with E-state index in [1.807, 2.05) is 39.0 Å². The number of likely N-dealkylation sites (N-methyl/N-ethyl adjacent to an activating group) is 1. The van der Waals surface area contributed by atoms with E-state index in [9.17, 15) is 14.4 Å². The molecule has 0 aromatic heterocycles. The standard InChI is InChI=1S/C26H41N3O4/c1-8-29(24(31)19(4)27-25(32)33-26(5,6)7)22(21-16-12-13-17(2)18(21)3)23(30)28-20-14-10-9-11-15-20/h12-13,16,19-20,22H,8-11,14-15H2,1-7H3,(H,27,32)(H,28,30). The van der Waals surface area contributed by atoms with Gasteiger partial charge in [0.05, 0.1) is 0 Å². The van der Waals surface area contributed by atoms with Gasteiger partial charge >= 0.3 is 6.09 Å². The van der Waals surface area contributed by atoms with Crippen LogP contribution in [-0.4, -0.2) is 47.0 Å². The van der Waals surface area contributed by atoms with E-state index < -0.39 is 23.8 Å². The van der Waals surface area contributed by atoms with E-state index in [0.717, 1.165) is 42.4 Å². The lowest BCUT2D eigenvalue weighted by Crippen LogP contribution is -2.53. The Bertz CT molecular complexity index is 840. The molecule has 3 amide bonds. The zero-order valence-electron chi connectivity index (χ0n) is 21.3. The smallest absolute Gasteiger partial charge is 0.408 e. The molecule has 0 saturated heterocycles. The number of aryl methyl sites for hydroxylation is 1. The average molecular weight is 460 g/mol. The fourth-order valence-corrected chi connectivity index (χ4v) is 4.31. The van der Waals surface area contributed by atoms with Gasteiger partial charge < -0.3 is 20.3 Å². The maximum atomic E-state index is 13.6. The molecule has 1 saturated carbocycles. The summed E-state index contributed by atoms with van der Waals surface area (Å²) in [6.45, 7) is 13.1. The first-order valence-corrected chi connectivity index (χ1v) is 12.1. The fraction of sp³-hybridized carbons (Fsp3) is 0.654. The number of nitrogens with one attached hydrogen (secondary N) is 2. The third-order valence-electron chi connectivity index (χ3n) is 6.18. The predicted molar refractivity (Wildman–Crippen MR) is 130 cm³/mol. The zero-order chi connectivity index (χ0) is 24.8. The van der Waals surface area contributed by atoms with Gasteiger partial charge in [-0.3, -0.25) is 9.59 Å². The summed E-state index contributed by atoms with van der Waals surface area (Å²) in [7, 11) is 0. The SMILES string of the molecule is CCN(C(=O)C(C)NC(=O)OC(C)(C)C)C(C(=O)NC1CCCCC1)c1cccc(C)c1C. The first kappa shape index (κ1) is 26.7. The lowest BCUT2D eigenvalue weighted by atomic mass is 9.92. The Morgan fingerprint density at radius 1 is 1.12 bits per heavy atom. The van der Waals surface area contributed by atoms with Crippen LogP contribution in [0.15, 0.2) is 18.2 Å². The molecule has 2 N–H and O–H groups in total. The van der Waals surface area contributed by atoms with Crippen LogP contribution < -0.4 is 10.6 Å². The number of alkyl carbamates (subject to hydrolysis) is 1. The third kappa shape index (κ3) is 7.47. The minimum absolute atomic E-state index is 0.130. The van der Waals surface area contributed by atoms with Gasteiger partial charge in [0.1, 0.15) is 17.7 Å². The fourth-order valence-electron chi connectivity index (χ4n) is 4.31. The summed E-state index contributed by atoms with van der Waals surface area (Å²) in [6, 6.07) is 4.35. The highest BCUT2D eigenvalue weighted by Crippen LogP contribution is 2.28. The van der Waals surface area contributed by atoms with E-state index in [1.165, 1.54) is 6.42 Å². The van der Waals surface area contributed by atoms with E-state index in [-0.39, 0.29) is 17.9 Å². The van der Waals surface area contributed by atoms with Crippen molar-refractivity contribution in [2.45, 2.75) is 104 Å². The molecule has 0 spiro atoms. The Labute approximate surface area is 198 Å². The van der Waals surface area contributed by atoms with Crippen LogP contribution in [0, 0.1) is 13.8 Å². The van der Waals surface area contributed by atoms with E-state index in [2.05, 4.69) is 10.6 Å². The summed E-state index contributed by atoms with van der Waals surface area (Å²) in [4.78, 5) is 40.8. The summed E-state index contributed by atoms with van der Waals surface area (Å²) in [6.07, 6.45) is 4.66. The number of amides is 3. The number of rotatable bonds is 7. The summed E-state index contributed by atoms with van der Waals surface area (Å²) in [5.41, 5.74) is 2.19. The lowest BCUT2D eigenvalue weighted by Gasteiger charge is -2.35. The van der Waals surface area contributed by atoms with Gasteiger partial charge in [-0.1, -0.05) is 37.5 Å². The Morgan fingerprint density at radius 3 is 2.33 bits per heavy atom. The Morgan fingerprint density at radius 2 is 1.76 bits per heavy atom. The highest BCUT2D eigenvalue weighted by molar-refractivity contribution is 5.92. The van der Waals surface area contributed by atoms with Crippen LogP contribution in [0.5, 0.6) is 0 Å². The van der Waals surface area contributed by atoms with Crippen LogP contribution in [0.25, 0.3) is 0 Å². The second kappa shape index (κ2) is 11.5. The average Bonchev–Trinajstić information content (AvgIpc) is 2.73. The van der Waals surface area contributed by atoms with Crippen LogP contribution >= 0.6 is 0 Å². The Hall–Kier alpha value is -2.57. The largest absolute Gasteiger partial charge is 0.444 e. The molecule has 0 bridgehead atoms. The van der Waals surface area contributed by atoms with Crippen molar-refractivity contribution in [3.8, 4) is 0 Å². The van der Waals surface area contributed by atoms with Gasteiger partial charge in [-0.05, 0) is 78.0 Å². The number of ether oxygens (including phenoxy) is 1. The molecule has 2 rings (SSSR count). The van der Waals surface area contributed by atoms with Crippen LogP contribution in [-0.2, 0) is 14.3 Å². The molecule has 1 aromatic rings. The van der Waals surface area contributed by atoms with Crippen LogP contribution in [0.2, 0.25) is 0 Å². The molecule has 2 atom stereocenters. The molecule has 184 valence electrons. The minimum atomic E-state index is -0.838. The van der Waals surface area contributed by atoms with Crippen molar-refractivity contribution in [1.29, 1.82) is 0 Å². The summed E-state index contributed by atoms with van der Waals surface area (Å²) in [5, 5.41) is 5.82. The predicted octanol–water partition coefficient (Wildman–Crippen LogP) is 4.56. The molecule has 0 radical (unpaired) electrons. The maximum Gasteiger partial charge on any atom is 0.408 e. The number of carbonyl (C=O) groups excluding carboxylic acids is 3. The van der Waals surface area contributed by atoms with Crippen LogP contribution in [0.3, 0.4) is 0 Å². The molecule has 1 aromatic carbocycles. The van der Waals surface area contributed by atoms with Crippen molar-refractivity contribution in [3.63, 3.8) is 0 Å².